The number of ether oxygens (including phenoxy) is 2. The van der Waals surface area contributed by atoms with E-state index in [9.17, 15) is 0 Å². The third-order valence-electron chi connectivity index (χ3n) is 3.97. The van der Waals surface area contributed by atoms with E-state index in [1.54, 1.807) is 14.2 Å². The van der Waals surface area contributed by atoms with Gasteiger partial charge in [-0.2, -0.15) is 11.8 Å². The van der Waals surface area contributed by atoms with Crippen LogP contribution in [0.25, 0.3) is 0 Å². The van der Waals surface area contributed by atoms with Crippen molar-refractivity contribution >= 4 is 11.8 Å². The Labute approximate surface area is 126 Å². The van der Waals surface area contributed by atoms with Crippen LogP contribution in [0.4, 0.5) is 0 Å². The molecule has 0 aromatic heterocycles. The van der Waals surface area contributed by atoms with Gasteiger partial charge in [0.15, 0.2) is 0 Å². The van der Waals surface area contributed by atoms with Crippen molar-refractivity contribution in [1.82, 2.24) is 5.32 Å². The number of benzene rings is 1. The number of hydrogen-bond acceptors (Lipinski definition) is 4. The Balaban J connectivity index is 2.12. The molecule has 1 N–H and O–H groups in total. The summed E-state index contributed by atoms with van der Waals surface area (Å²) in [6.45, 7) is 4.51. The molecule has 4 heteroatoms. The van der Waals surface area contributed by atoms with Crippen LogP contribution in [0, 0.1) is 0 Å². The van der Waals surface area contributed by atoms with E-state index in [1.165, 1.54) is 18.6 Å². The fraction of sp³-hybridized carbons (Fsp3) is 0.625. The smallest absolute Gasteiger partial charge is 0.123 e. The van der Waals surface area contributed by atoms with E-state index in [2.05, 4.69) is 37.0 Å². The van der Waals surface area contributed by atoms with Gasteiger partial charge in [-0.05, 0) is 43.7 Å². The first-order chi connectivity index (χ1) is 9.65. The normalized spacial score (nSPS) is 24.2. The minimum absolute atomic E-state index is 0.256. The summed E-state index contributed by atoms with van der Waals surface area (Å²) in [6, 6.07) is 6.81. The molecule has 0 amide bonds. The van der Waals surface area contributed by atoms with Crippen LogP contribution in [-0.4, -0.2) is 31.3 Å². The monoisotopic (exact) mass is 295 g/mol. The van der Waals surface area contributed by atoms with E-state index >= 15 is 0 Å². The van der Waals surface area contributed by atoms with Crippen molar-refractivity contribution in [2.45, 2.75) is 44.0 Å². The molecule has 1 aromatic carbocycles. The molecule has 1 aromatic rings. The van der Waals surface area contributed by atoms with Gasteiger partial charge in [-0.1, -0.05) is 6.92 Å². The Kier molecular flexibility index (Phi) is 5.61. The zero-order valence-electron chi connectivity index (χ0n) is 12.8. The summed E-state index contributed by atoms with van der Waals surface area (Å²) in [6.07, 6.45) is 2.55. The Bertz CT molecular complexity index is 438. The Morgan fingerprint density at radius 1 is 1.30 bits per heavy atom. The van der Waals surface area contributed by atoms with Gasteiger partial charge in [0, 0.05) is 22.9 Å². The van der Waals surface area contributed by atoms with Crippen molar-refractivity contribution in [2.24, 2.45) is 0 Å². The van der Waals surface area contributed by atoms with Gasteiger partial charge in [0.05, 0.1) is 14.2 Å². The lowest BCUT2D eigenvalue weighted by Crippen LogP contribution is -2.40. The second-order valence-corrected chi connectivity index (χ2v) is 6.81. The van der Waals surface area contributed by atoms with Gasteiger partial charge in [-0.25, -0.2) is 0 Å². The molecule has 1 heterocycles. The first kappa shape index (κ1) is 15.5. The van der Waals surface area contributed by atoms with Gasteiger partial charge in [0.2, 0.25) is 0 Å². The molecule has 0 saturated carbocycles. The predicted molar refractivity (Wildman–Crippen MR) is 86.0 cm³/mol. The van der Waals surface area contributed by atoms with Crippen molar-refractivity contribution in [3.8, 4) is 11.5 Å². The summed E-state index contributed by atoms with van der Waals surface area (Å²) >= 11 is 2.06. The zero-order chi connectivity index (χ0) is 14.5. The van der Waals surface area contributed by atoms with Crippen LogP contribution in [0.2, 0.25) is 0 Å². The highest BCUT2D eigenvalue weighted by Crippen LogP contribution is 2.32. The maximum Gasteiger partial charge on any atom is 0.123 e. The minimum atomic E-state index is 0.256. The van der Waals surface area contributed by atoms with Gasteiger partial charge >= 0.3 is 0 Å². The largest absolute Gasteiger partial charge is 0.497 e. The maximum absolute atomic E-state index is 5.48. The van der Waals surface area contributed by atoms with E-state index in [0.717, 1.165) is 17.1 Å². The highest BCUT2D eigenvalue weighted by atomic mass is 32.2. The van der Waals surface area contributed by atoms with Crippen molar-refractivity contribution in [1.29, 1.82) is 0 Å². The fourth-order valence-corrected chi connectivity index (χ4v) is 3.88. The average molecular weight is 295 g/mol. The number of thioether (sulfide) groups is 1. The second-order valence-electron chi connectivity index (χ2n) is 5.32. The van der Waals surface area contributed by atoms with E-state index in [4.69, 9.17) is 9.47 Å². The summed E-state index contributed by atoms with van der Waals surface area (Å²) in [5.41, 5.74) is 1.16. The van der Waals surface area contributed by atoms with Crippen LogP contribution in [0.1, 0.15) is 38.3 Å². The quantitative estimate of drug-likeness (QED) is 0.898. The molecule has 3 nitrogen and oxygen atoms in total. The first-order valence-electron chi connectivity index (χ1n) is 7.25. The molecule has 2 rings (SSSR count). The van der Waals surface area contributed by atoms with Crippen molar-refractivity contribution in [2.75, 3.05) is 20.0 Å². The molecule has 1 fully saturated rings. The molecule has 20 heavy (non-hydrogen) atoms. The van der Waals surface area contributed by atoms with Crippen LogP contribution in [0.3, 0.4) is 0 Å². The number of hydrogen-bond donors (Lipinski definition) is 1. The van der Waals surface area contributed by atoms with Gasteiger partial charge in [0.25, 0.3) is 0 Å². The lowest BCUT2D eigenvalue weighted by Gasteiger charge is -2.32. The molecule has 3 unspecified atom stereocenters. The van der Waals surface area contributed by atoms with Crippen molar-refractivity contribution < 1.29 is 9.47 Å². The Morgan fingerprint density at radius 2 is 2.10 bits per heavy atom. The van der Waals surface area contributed by atoms with E-state index in [0.29, 0.717) is 11.3 Å². The summed E-state index contributed by atoms with van der Waals surface area (Å²) in [4.78, 5) is 0. The zero-order valence-corrected chi connectivity index (χ0v) is 13.6. The predicted octanol–water partition coefficient (Wildman–Crippen LogP) is 3.64. The molecular formula is C16H25NO2S. The molecule has 3 atom stereocenters. The van der Waals surface area contributed by atoms with Crippen molar-refractivity contribution in [3.05, 3.63) is 23.8 Å². The molecule has 1 aliphatic heterocycles. The highest BCUT2D eigenvalue weighted by molar-refractivity contribution is 7.99. The summed E-state index contributed by atoms with van der Waals surface area (Å²) < 4.78 is 10.8. The minimum Gasteiger partial charge on any atom is -0.497 e. The SMILES string of the molecule is COc1ccc(OC)c(C(C)NC2CCCSC2C)c1. The summed E-state index contributed by atoms with van der Waals surface area (Å²) in [5, 5.41) is 4.42. The van der Waals surface area contributed by atoms with Crippen LogP contribution in [0.5, 0.6) is 11.5 Å². The van der Waals surface area contributed by atoms with Gasteiger partial charge in [-0.15, -0.1) is 0 Å². The summed E-state index contributed by atoms with van der Waals surface area (Å²) in [5.74, 6) is 3.08. The third-order valence-corrected chi connectivity index (χ3v) is 5.35. The Morgan fingerprint density at radius 3 is 2.75 bits per heavy atom. The van der Waals surface area contributed by atoms with Crippen molar-refractivity contribution in [3.63, 3.8) is 0 Å². The van der Waals surface area contributed by atoms with Gasteiger partial charge < -0.3 is 14.8 Å². The van der Waals surface area contributed by atoms with Crippen LogP contribution >= 0.6 is 11.8 Å². The maximum atomic E-state index is 5.48. The molecule has 1 saturated heterocycles. The van der Waals surface area contributed by atoms with Gasteiger partial charge in [0.1, 0.15) is 11.5 Å². The standard InChI is InChI=1S/C16H25NO2S/c1-11(17-15-6-5-9-20-12(15)2)14-10-13(18-3)7-8-16(14)19-4/h7-8,10-12,15,17H,5-6,9H2,1-4H3. The topological polar surface area (TPSA) is 30.5 Å². The lowest BCUT2D eigenvalue weighted by atomic mass is 10.0. The molecule has 0 radical (unpaired) electrons. The van der Waals surface area contributed by atoms with Gasteiger partial charge in [-0.3, -0.25) is 0 Å². The molecule has 0 aliphatic carbocycles. The summed E-state index contributed by atoms with van der Waals surface area (Å²) in [7, 11) is 3.42. The second kappa shape index (κ2) is 7.23. The highest BCUT2D eigenvalue weighted by Gasteiger charge is 2.24. The molecule has 1 aliphatic rings. The van der Waals surface area contributed by atoms with E-state index in [1.807, 2.05) is 12.1 Å². The number of methoxy groups -OCH3 is 2. The van der Waals surface area contributed by atoms with Crippen LogP contribution in [0.15, 0.2) is 18.2 Å². The molecular weight excluding hydrogens is 270 g/mol. The van der Waals surface area contributed by atoms with E-state index < -0.39 is 0 Å². The molecule has 0 bridgehead atoms. The average Bonchev–Trinajstić information content (AvgIpc) is 2.48. The lowest BCUT2D eigenvalue weighted by molar-refractivity contribution is 0.376. The molecule has 0 spiro atoms. The van der Waals surface area contributed by atoms with Crippen LogP contribution < -0.4 is 14.8 Å². The fourth-order valence-electron chi connectivity index (χ4n) is 2.73. The Hall–Kier alpha value is -0.870. The van der Waals surface area contributed by atoms with E-state index in [-0.39, 0.29) is 6.04 Å². The first-order valence-corrected chi connectivity index (χ1v) is 8.30. The third kappa shape index (κ3) is 3.61. The number of rotatable bonds is 5. The van der Waals surface area contributed by atoms with Crippen LogP contribution in [-0.2, 0) is 0 Å². The number of nitrogens with one attached hydrogen (secondary N) is 1. The molecule has 112 valence electrons.